The average molecular weight is 249 g/mol. The highest BCUT2D eigenvalue weighted by molar-refractivity contribution is 5.79. The minimum atomic E-state index is -0.166. The lowest BCUT2D eigenvalue weighted by Crippen LogP contribution is -2.38. The molecule has 1 aliphatic carbocycles. The molecule has 2 aliphatic rings. The first-order chi connectivity index (χ1) is 8.84. The van der Waals surface area contributed by atoms with E-state index in [4.69, 9.17) is 4.74 Å². The molecule has 0 spiro atoms. The Morgan fingerprint density at radius 2 is 2.39 bits per heavy atom. The highest BCUT2D eigenvalue weighted by atomic mass is 16.5. The molecular formula is C13H19N3O2. The van der Waals surface area contributed by atoms with Crippen LogP contribution in [-0.2, 0) is 9.53 Å². The molecule has 2 atom stereocenters. The maximum Gasteiger partial charge on any atom is 0.226 e. The van der Waals surface area contributed by atoms with Crippen molar-refractivity contribution < 1.29 is 9.53 Å². The molecular weight excluding hydrogens is 230 g/mol. The third-order valence-electron chi connectivity index (χ3n) is 3.75. The normalized spacial score (nSPS) is 28.0. The van der Waals surface area contributed by atoms with Gasteiger partial charge in [-0.1, -0.05) is 0 Å². The van der Waals surface area contributed by atoms with Gasteiger partial charge in [-0.05, 0) is 37.7 Å². The molecule has 0 radical (unpaired) electrons. The summed E-state index contributed by atoms with van der Waals surface area (Å²) in [6.45, 7) is 1.54. The van der Waals surface area contributed by atoms with Crippen LogP contribution < -0.4 is 5.32 Å². The van der Waals surface area contributed by atoms with E-state index in [-0.39, 0.29) is 17.9 Å². The van der Waals surface area contributed by atoms with Crippen LogP contribution >= 0.6 is 0 Å². The van der Waals surface area contributed by atoms with E-state index in [0.717, 1.165) is 31.7 Å². The molecule has 2 heterocycles. The predicted molar refractivity (Wildman–Crippen MR) is 65.7 cm³/mol. The largest absolute Gasteiger partial charge is 0.371 e. The van der Waals surface area contributed by atoms with Gasteiger partial charge in [-0.3, -0.25) is 9.89 Å². The number of nitrogens with zero attached hydrogens (tertiary/aromatic N) is 1. The van der Waals surface area contributed by atoms with Gasteiger partial charge in [0, 0.05) is 19.3 Å². The lowest BCUT2D eigenvalue weighted by Gasteiger charge is -2.30. The van der Waals surface area contributed by atoms with E-state index >= 15 is 0 Å². The topological polar surface area (TPSA) is 67.0 Å². The second-order valence-electron chi connectivity index (χ2n) is 5.24. The van der Waals surface area contributed by atoms with Crippen molar-refractivity contribution in [3.63, 3.8) is 0 Å². The number of amides is 1. The zero-order chi connectivity index (χ0) is 12.4. The van der Waals surface area contributed by atoms with E-state index in [1.165, 1.54) is 12.8 Å². The molecule has 1 aromatic rings. The molecule has 3 rings (SSSR count). The molecule has 2 N–H and O–H groups in total. The fourth-order valence-corrected chi connectivity index (χ4v) is 2.48. The van der Waals surface area contributed by atoms with Crippen molar-refractivity contribution in [2.24, 2.45) is 11.8 Å². The summed E-state index contributed by atoms with van der Waals surface area (Å²) < 4.78 is 5.75. The van der Waals surface area contributed by atoms with Crippen LogP contribution in [0.3, 0.4) is 0 Å². The fourth-order valence-electron chi connectivity index (χ4n) is 2.48. The number of carbonyl (C=O) groups excluding carboxylic acids is 1. The van der Waals surface area contributed by atoms with E-state index in [1.807, 2.05) is 6.07 Å². The number of nitrogens with one attached hydrogen (secondary N) is 2. The van der Waals surface area contributed by atoms with Gasteiger partial charge in [0.25, 0.3) is 0 Å². The van der Waals surface area contributed by atoms with Crippen LogP contribution in [0.5, 0.6) is 0 Å². The Morgan fingerprint density at radius 1 is 1.50 bits per heavy atom. The van der Waals surface area contributed by atoms with Crippen molar-refractivity contribution in [3.8, 4) is 0 Å². The molecule has 1 amide bonds. The van der Waals surface area contributed by atoms with Gasteiger partial charge in [-0.25, -0.2) is 0 Å². The molecule has 0 unspecified atom stereocenters. The first-order valence-electron chi connectivity index (χ1n) is 6.73. The van der Waals surface area contributed by atoms with Crippen LogP contribution in [0.25, 0.3) is 0 Å². The van der Waals surface area contributed by atoms with Crippen molar-refractivity contribution >= 4 is 5.91 Å². The molecule has 1 saturated carbocycles. The molecule has 1 saturated heterocycles. The number of rotatable bonds is 4. The number of aromatic nitrogens is 2. The van der Waals surface area contributed by atoms with Gasteiger partial charge < -0.3 is 10.1 Å². The first kappa shape index (κ1) is 11.7. The van der Waals surface area contributed by atoms with Crippen molar-refractivity contribution in [1.29, 1.82) is 0 Å². The summed E-state index contributed by atoms with van der Waals surface area (Å²) in [5.74, 6) is 0.753. The number of aromatic amines is 1. The van der Waals surface area contributed by atoms with E-state index in [9.17, 15) is 4.79 Å². The van der Waals surface area contributed by atoms with Gasteiger partial charge in [0.1, 0.15) is 6.10 Å². The molecule has 1 aliphatic heterocycles. The fraction of sp³-hybridized carbons (Fsp3) is 0.692. The molecule has 18 heavy (non-hydrogen) atoms. The van der Waals surface area contributed by atoms with Crippen LogP contribution in [0.15, 0.2) is 12.3 Å². The van der Waals surface area contributed by atoms with Gasteiger partial charge in [0.2, 0.25) is 5.91 Å². The molecule has 0 aromatic carbocycles. The molecule has 5 heteroatoms. The van der Waals surface area contributed by atoms with Gasteiger partial charge >= 0.3 is 0 Å². The van der Waals surface area contributed by atoms with Crippen LogP contribution in [-0.4, -0.2) is 29.3 Å². The number of hydrogen-bond acceptors (Lipinski definition) is 3. The summed E-state index contributed by atoms with van der Waals surface area (Å²) in [6.07, 6.45) is 5.88. The monoisotopic (exact) mass is 249 g/mol. The summed E-state index contributed by atoms with van der Waals surface area (Å²) in [6, 6.07) is 1.89. The average Bonchev–Trinajstić information content (AvgIpc) is 3.08. The Labute approximate surface area is 106 Å². The van der Waals surface area contributed by atoms with E-state index < -0.39 is 0 Å². The third-order valence-corrected chi connectivity index (χ3v) is 3.75. The minimum absolute atomic E-state index is 0.0852. The van der Waals surface area contributed by atoms with Crippen LogP contribution in [0, 0.1) is 11.8 Å². The predicted octanol–water partition coefficient (Wildman–Crippen LogP) is 1.40. The molecule has 1 aromatic heterocycles. The Kier molecular flexibility index (Phi) is 3.32. The Balaban J connectivity index is 1.64. The zero-order valence-corrected chi connectivity index (χ0v) is 10.4. The SMILES string of the molecule is O=C(NCC1CC1)[C@@H]1CCCO[C@H]1c1ccn[nH]1. The van der Waals surface area contributed by atoms with E-state index in [0.29, 0.717) is 5.92 Å². The summed E-state index contributed by atoms with van der Waals surface area (Å²) in [4.78, 5) is 12.2. The van der Waals surface area contributed by atoms with Crippen LogP contribution in [0.2, 0.25) is 0 Å². The van der Waals surface area contributed by atoms with Gasteiger partial charge in [-0.2, -0.15) is 5.10 Å². The first-order valence-corrected chi connectivity index (χ1v) is 6.73. The Bertz CT molecular complexity index is 400. The van der Waals surface area contributed by atoms with Crippen molar-refractivity contribution in [3.05, 3.63) is 18.0 Å². The zero-order valence-electron chi connectivity index (χ0n) is 10.4. The smallest absolute Gasteiger partial charge is 0.226 e. The summed E-state index contributed by atoms with van der Waals surface area (Å²) in [5, 5.41) is 9.91. The number of H-pyrrole nitrogens is 1. The lowest BCUT2D eigenvalue weighted by atomic mass is 9.91. The quantitative estimate of drug-likeness (QED) is 0.847. The Morgan fingerprint density at radius 3 is 3.11 bits per heavy atom. The molecule has 98 valence electrons. The second-order valence-corrected chi connectivity index (χ2v) is 5.24. The van der Waals surface area contributed by atoms with Crippen LogP contribution in [0.4, 0.5) is 0 Å². The highest BCUT2D eigenvalue weighted by Gasteiger charge is 2.34. The summed E-state index contributed by atoms with van der Waals surface area (Å²) in [5.41, 5.74) is 0.904. The van der Waals surface area contributed by atoms with E-state index in [1.54, 1.807) is 6.20 Å². The van der Waals surface area contributed by atoms with Gasteiger partial charge in [0.15, 0.2) is 0 Å². The molecule has 0 bridgehead atoms. The van der Waals surface area contributed by atoms with Crippen molar-refractivity contribution in [1.82, 2.24) is 15.5 Å². The summed E-state index contributed by atoms with van der Waals surface area (Å²) >= 11 is 0. The second kappa shape index (κ2) is 5.10. The third kappa shape index (κ3) is 2.56. The number of carbonyl (C=O) groups is 1. The van der Waals surface area contributed by atoms with Gasteiger partial charge in [0.05, 0.1) is 11.6 Å². The van der Waals surface area contributed by atoms with Crippen molar-refractivity contribution in [2.45, 2.75) is 31.8 Å². The molecule has 2 fully saturated rings. The maximum absolute atomic E-state index is 12.2. The lowest BCUT2D eigenvalue weighted by molar-refractivity contribution is -0.135. The number of hydrogen-bond donors (Lipinski definition) is 2. The maximum atomic E-state index is 12.2. The summed E-state index contributed by atoms with van der Waals surface area (Å²) in [7, 11) is 0. The van der Waals surface area contributed by atoms with Gasteiger partial charge in [-0.15, -0.1) is 0 Å². The standard InChI is InChI=1S/C13H19N3O2/c17-13(14-8-9-3-4-9)10-2-1-7-18-12(10)11-5-6-15-16-11/h5-6,9-10,12H,1-4,7-8H2,(H,14,17)(H,15,16)/t10-,12-/m1/s1. The Hall–Kier alpha value is -1.36. The minimum Gasteiger partial charge on any atom is -0.371 e. The van der Waals surface area contributed by atoms with Crippen molar-refractivity contribution in [2.75, 3.05) is 13.2 Å². The molecule has 5 nitrogen and oxygen atoms in total. The number of ether oxygens (including phenoxy) is 1. The highest BCUT2D eigenvalue weighted by Crippen LogP contribution is 2.33. The van der Waals surface area contributed by atoms with Crippen LogP contribution in [0.1, 0.15) is 37.5 Å². The van der Waals surface area contributed by atoms with E-state index in [2.05, 4.69) is 15.5 Å².